The molecule has 4 nitrogen and oxygen atoms in total. The van der Waals surface area contributed by atoms with Gasteiger partial charge in [-0.15, -0.1) is 11.6 Å². The van der Waals surface area contributed by atoms with Crippen molar-refractivity contribution in [3.8, 4) is 0 Å². The summed E-state index contributed by atoms with van der Waals surface area (Å²) in [5, 5.41) is 1.88. The molecule has 15 heavy (non-hydrogen) atoms. The number of alkyl halides is 1. The number of hydrogen-bond donors (Lipinski definition) is 1. The van der Waals surface area contributed by atoms with Crippen molar-refractivity contribution in [2.75, 3.05) is 5.32 Å². The molecule has 1 N–H and O–H groups in total. The summed E-state index contributed by atoms with van der Waals surface area (Å²) in [7, 11) is 0. The van der Waals surface area contributed by atoms with Crippen LogP contribution in [0.15, 0.2) is 10.6 Å². The smallest absolute Gasteiger partial charge is 0.301 e. The van der Waals surface area contributed by atoms with Crippen molar-refractivity contribution in [2.45, 2.75) is 38.5 Å². The Kier molecular flexibility index (Phi) is 3.39. The third kappa shape index (κ3) is 3.23. The highest BCUT2D eigenvalue weighted by Crippen LogP contribution is 2.24. The van der Waals surface area contributed by atoms with E-state index in [1.54, 1.807) is 13.1 Å². The van der Waals surface area contributed by atoms with Crippen LogP contribution in [0.4, 0.5) is 6.01 Å². The van der Waals surface area contributed by atoms with E-state index in [0.717, 1.165) is 5.76 Å². The third-order valence-electron chi connectivity index (χ3n) is 1.84. The van der Waals surface area contributed by atoms with Crippen LogP contribution in [0.5, 0.6) is 0 Å². The molecule has 1 aromatic heterocycles. The third-order valence-corrected chi connectivity index (χ3v) is 2.03. The zero-order valence-electron chi connectivity index (χ0n) is 9.30. The van der Waals surface area contributed by atoms with E-state index >= 15 is 0 Å². The number of anilines is 1. The molecule has 5 heteroatoms. The van der Waals surface area contributed by atoms with Crippen molar-refractivity contribution in [2.24, 2.45) is 0 Å². The molecule has 1 aromatic rings. The van der Waals surface area contributed by atoms with Crippen molar-refractivity contribution in [1.82, 2.24) is 4.98 Å². The molecule has 1 rings (SSSR count). The molecule has 0 fully saturated rings. The number of oxazole rings is 1. The Labute approximate surface area is 94.0 Å². The summed E-state index contributed by atoms with van der Waals surface area (Å²) < 4.78 is 5.37. The van der Waals surface area contributed by atoms with Crippen molar-refractivity contribution in [3.63, 3.8) is 0 Å². The zero-order valence-corrected chi connectivity index (χ0v) is 10.1. The van der Waals surface area contributed by atoms with Crippen LogP contribution in [0.25, 0.3) is 0 Å². The van der Waals surface area contributed by atoms with Gasteiger partial charge >= 0.3 is 6.01 Å². The second kappa shape index (κ2) is 4.23. The maximum absolute atomic E-state index is 11.2. The predicted octanol–water partition coefficient (Wildman–Crippen LogP) is 2.54. The van der Waals surface area contributed by atoms with Crippen LogP contribution in [-0.2, 0) is 10.2 Å². The fraction of sp³-hybridized carbons (Fsp3) is 0.600. The average Bonchev–Trinajstić information content (AvgIpc) is 2.51. The minimum absolute atomic E-state index is 0.122. The number of hydrogen-bond acceptors (Lipinski definition) is 3. The van der Waals surface area contributed by atoms with Gasteiger partial charge in [-0.2, -0.15) is 0 Å². The van der Waals surface area contributed by atoms with Crippen LogP contribution >= 0.6 is 11.6 Å². The first-order valence-electron chi connectivity index (χ1n) is 4.72. The van der Waals surface area contributed by atoms with Gasteiger partial charge in [-0.1, -0.05) is 20.8 Å². The van der Waals surface area contributed by atoms with Crippen molar-refractivity contribution < 1.29 is 9.21 Å². The Bertz CT molecular complexity index is 353. The molecule has 0 radical (unpaired) electrons. The molecule has 0 aromatic carbocycles. The minimum atomic E-state index is -0.602. The standard InChI is InChI=1S/C10H15ClN2O2/c1-6(11)8(14)13-9-12-5-7(15-9)10(2,3)4/h5-6H,1-4H3,(H,12,13,14)/t6-/m0/s1. The molecular weight excluding hydrogens is 216 g/mol. The van der Waals surface area contributed by atoms with Gasteiger partial charge in [0, 0.05) is 5.41 Å². The average molecular weight is 231 g/mol. The summed E-state index contributed by atoms with van der Waals surface area (Å²) in [6, 6.07) is 0.192. The maximum Gasteiger partial charge on any atom is 0.301 e. The highest BCUT2D eigenvalue weighted by molar-refractivity contribution is 6.32. The first-order valence-corrected chi connectivity index (χ1v) is 5.15. The maximum atomic E-state index is 11.2. The van der Waals surface area contributed by atoms with Crippen LogP contribution in [0.3, 0.4) is 0 Å². The highest BCUT2D eigenvalue weighted by Gasteiger charge is 2.20. The zero-order chi connectivity index (χ0) is 11.6. The second-order valence-corrected chi connectivity index (χ2v) is 5.04. The van der Waals surface area contributed by atoms with E-state index in [1.165, 1.54) is 0 Å². The molecule has 84 valence electrons. The largest absolute Gasteiger partial charge is 0.428 e. The van der Waals surface area contributed by atoms with Crippen LogP contribution < -0.4 is 5.32 Å². The monoisotopic (exact) mass is 230 g/mol. The SMILES string of the molecule is C[C@H](Cl)C(=O)Nc1ncc(C(C)(C)C)o1. The normalized spacial score (nSPS) is 13.7. The molecule has 1 heterocycles. The lowest BCUT2D eigenvalue weighted by atomic mass is 9.94. The molecule has 0 aliphatic rings. The highest BCUT2D eigenvalue weighted by atomic mass is 35.5. The number of nitrogens with zero attached hydrogens (tertiary/aromatic N) is 1. The lowest BCUT2D eigenvalue weighted by molar-refractivity contribution is -0.115. The van der Waals surface area contributed by atoms with Gasteiger partial charge in [-0.25, -0.2) is 4.98 Å². The van der Waals surface area contributed by atoms with Gasteiger partial charge in [0.25, 0.3) is 0 Å². The quantitative estimate of drug-likeness (QED) is 0.795. The summed E-state index contributed by atoms with van der Waals surface area (Å²) >= 11 is 5.59. The van der Waals surface area contributed by atoms with Crippen molar-refractivity contribution in [3.05, 3.63) is 12.0 Å². The Morgan fingerprint density at radius 2 is 2.20 bits per heavy atom. The van der Waals surface area contributed by atoms with E-state index < -0.39 is 5.38 Å². The summed E-state index contributed by atoms with van der Waals surface area (Å²) in [6.07, 6.45) is 1.61. The lowest BCUT2D eigenvalue weighted by Gasteiger charge is -2.13. The number of carbonyl (C=O) groups is 1. The van der Waals surface area contributed by atoms with Gasteiger partial charge in [0.05, 0.1) is 6.20 Å². The molecule has 0 saturated carbocycles. The number of amides is 1. The van der Waals surface area contributed by atoms with Crippen molar-refractivity contribution in [1.29, 1.82) is 0 Å². The Hall–Kier alpha value is -1.03. The summed E-state index contributed by atoms with van der Waals surface area (Å²) in [5.74, 6) is 0.402. The summed E-state index contributed by atoms with van der Waals surface area (Å²) in [5.41, 5.74) is -0.122. The van der Waals surface area contributed by atoms with Gasteiger partial charge < -0.3 is 4.42 Å². The number of nitrogens with one attached hydrogen (secondary N) is 1. The van der Waals surface area contributed by atoms with Gasteiger partial charge in [0.15, 0.2) is 0 Å². The first kappa shape index (κ1) is 12.0. The fourth-order valence-electron chi connectivity index (χ4n) is 0.883. The van der Waals surface area contributed by atoms with E-state index in [0.29, 0.717) is 0 Å². The van der Waals surface area contributed by atoms with Gasteiger partial charge in [-0.05, 0) is 6.92 Å². The molecule has 0 unspecified atom stereocenters. The molecule has 1 atom stereocenters. The fourth-order valence-corrected chi connectivity index (χ4v) is 0.938. The van der Waals surface area contributed by atoms with Crippen LogP contribution in [0.2, 0.25) is 0 Å². The predicted molar refractivity (Wildman–Crippen MR) is 59.1 cm³/mol. The molecule has 0 aliphatic carbocycles. The van der Waals surface area contributed by atoms with Gasteiger partial charge in [0.2, 0.25) is 5.91 Å². The topological polar surface area (TPSA) is 55.1 Å². The molecule has 1 amide bonds. The second-order valence-electron chi connectivity index (χ2n) is 4.38. The van der Waals surface area contributed by atoms with E-state index in [4.69, 9.17) is 16.0 Å². The molecule has 0 saturated heterocycles. The molecule has 0 spiro atoms. The van der Waals surface area contributed by atoms with Gasteiger partial charge in [0.1, 0.15) is 11.1 Å². The lowest BCUT2D eigenvalue weighted by Crippen LogP contribution is -2.20. The number of rotatable bonds is 2. The van der Waals surface area contributed by atoms with Crippen LogP contribution in [0.1, 0.15) is 33.5 Å². The number of halogens is 1. The summed E-state index contributed by atoms with van der Waals surface area (Å²) in [6.45, 7) is 7.60. The minimum Gasteiger partial charge on any atom is -0.428 e. The molecular formula is C10H15ClN2O2. The first-order chi connectivity index (χ1) is 6.80. The number of carbonyl (C=O) groups excluding carboxylic acids is 1. The van der Waals surface area contributed by atoms with E-state index in [2.05, 4.69) is 10.3 Å². The van der Waals surface area contributed by atoms with Gasteiger partial charge in [-0.3, -0.25) is 10.1 Å². The van der Waals surface area contributed by atoms with E-state index in [1.807, 2.05) is 20.8 Å². The number of aromatic nitrogens is 1. The molecule has 0 aliphatic heterocycles. The Morgan fingerprint density at radius 1 is 1.60 bits per heavy atom. The van der Waals surface area contributed by atoms with Crippen LogP contribution in [0, 0.1) is 0 Å². The van der Waals surface area contributed by atoms with E-state index in [-0.39, 0.29) is 17.3 Å². The van der Waals surface area contributed by atoms with Crippen LogP contribution in [-0.4, -0.2) is 16.3 Å². The Balaban J connectivity index is 2.73. The van der Waals surface area contributed by atoms with Crippen molar-refractivity contribution >= 4 is 23.5 Å². The van der Waals surface area contributed by atoms with E-state index in [9.17, 15) is 4.79 Å². The molecule has 0 bridgehead atoms. The summed E-state index contributed by atoms with van der Waals surface area (Å²) in [4.78, 5) is 15.2. The Morgan fingerprint density at radius 3 is 2.60 bits per heavy atom.